The van der Waals surface area contributed by atoms with Crippen molar-refractivity contribution in [2.45, 2.75) is 6.92 Å². The van der Waals surface area contributed by atoms with Gasteiger partial charge < -0.3 is 10.2 Å². The molecular weight excluding hydrogens is 335 g/mol. The monoisotopic (exact) mass is 350 g/mol. The van der Waals surface area contributed by atoms with Gasteiger partial charge in [0.1, 0.15) is 5.82 Å². The molecule has 0 saturated carbocycles. The molecule has 0 fully saturated rings. The molecule has 2 aromatic rings. The fraction of sp³-hybridized carbons (Fsp3) is 0.188. The van der Waals surface area contributed by atoms with Crippen LogP contribution in [0, 0.1) is 12.7 Å². The molecule has 0 aliphatic rings. The predicted molar refractivity (Wildman–Crippen MR) is 87.6 cm³/mol. The lowest BCUT2D eigenvalue weighted by atomic mass is 10.1. The molecule has 3 nitrogen and oxygen atoms in total. The van der Waals surface area contributed by atoms with Gasteiger partial charge in [0.25, 0.3) is 5.91 Å². The molecule has 2 rings (SSSR count). The van der Waals surface area contributed by atoms with Gasteiger partial charge in [-0.15, -0.1) is 0 Å². The lowest BCUT2D eigenvalue weighted by molar-refractivity contribution is 0.102. The van der Waals surface area contributed by atoms with Gasteiger partial charge in [-0.25, -0.2) is 4.39 Å². The zero-order valence-corrected chi connectivity index (χ0v) is 13.7. The minimum Gasteiger partial charge on any atom is -0.378 e. The van der Waals surface area contributed by atoms with Gasteiger partial charge in [-0.2, -0.15) is 0 Å². The van der Waals surface area contributed by atoms with Gasteiger partial charge in [0.2, 0.25) is 0 Å². The summed E-state index contributed by atoms with van der Waals surface area (Å²) in [5, 5.41) is 2.74. The van der Waals surface area contributed by atoms with E-state index in [0.29, 0.717) is 15.7 Å². The molecule has 0 aliphatic heterocycles. The highest BCUT2D eigenvalue weighted by atomic mass is 79.9. The summed E-state index contributed by atoms with van der Waals surface area (Å²) >= 11 is 3.12. The van der Waals surface area contributed by atoms with Crippen molar-refractivity contribution in [2.24, 2.45) is 0 Å². The number of anilines is 2. The van der Waals surface area contributed by atoms with Gasteiger partial charge in [-0.3, -0.25) is 4.79 Å². The van der Waals surface area contributed by atoms with Crippen LogP contribution < -0.4 is 10.2 Å². The average Bonchev–Trinajstić information content (AvgIpc) is 2.44. The molecule has 0 aromatic heterocycles. The van der Waals surface area contributed by atoms with Crippen molar-refractivity contribution >= 4 is 33.2 Å². The van der Waals surface area contributed by atoms with Crippen LogP contribution in [0.1, 0.15) is 15.9 Å². The molecule has 0 bridgehead atoms. The fourth-order valence-electron chi connectivity index (χ4n) is 1.90. The van der Waals surface area contributed by atoms with Crippen LogP contribution in [0.15, 0.2) is 40.9 Å². The molecular formula is C16H16BrFN2O. The summed E-state index contributed by atoms with van der Waals surface area (Å²) in [5.74, 6) is -0.665. The predicted octanol–water partition coefficient (Wildman–Crippen LogP) is 4.21. The lowest BCUT2D eigenvalue weighted by Gasteiger charge is -2.14. The van der Waals surface area contributed by atoms with E-state index in [-0.39, 0.29) is 5.91 Å². The molecule has 0 aliphatic carbocycles. The number of aryl methyl sites for hydroxylation is 1. The van der Waals surface area contributed by atoms with Gasteiger partial charge in [0.05, 0.1) is 4.47 Å². The van der Waals surface area contributed by atoms with Crippen molar-refractivity contribution < 1.29 is 9.18 Å². The number of nitrogens with zero attached hydrogens (tertiary/aromatic N) is 1. The van der Waals surface area contributed by atoms with Crippen LogP contribution in [0.3, 0.4) is 0 Å². The summed E-state index contributed by atoms with van der Waals surface area (Å²) in [5.41, 5.74) is 2.72. The van der Waals surface area contributed by atoms with E-state index in [2.05, 4.69) is 21.2 Å². The number of nitrogens with one attached hydrogen (secondary N) is 1. The third-order valence-electron chi connectivity index (χ3n) is 3.14. The fourth-order valence-corrected chi connectivity index (χ4v) is 2.36. The molecule has 21 heavy (non-hydrogen) atoms. The Kier molecular flexibility index (Phi) is 4.63. The third kappa shape index (κ3) is 3.61. The van der Waals surface area contributed by atoms with Gasteiger partial charge >= 0.3 is 0 Å². The van der Waals surface area contributed by atoms with E-state index in [1.807, 2.05) is 38.1 Å². The van der Waals surface area contributed by atoms with Gasteiger partial charge in [0, 0.05) is 31.0 Å². The van der Waals surface area contributed by atoms with Crippen LogP contribution in [0.4, 0.5) is 15.8 Å². The Hall–Kier alpha value is -1.88. The molecule has 0 unspecified atom stereocenters. The Morgan fingerprint density at radius 2 is 1.95 bits per heavy atom. The summed E-state index contributed by atoms with van der Waals surface area (Å²) in [4.78, 5) is 14.2. The van der Waals surface area contributed by atoms with Crippen LogP contribution in [0.25, 0.3) is 0 Å². The van der Waals surface area contributed by atoms with Crippen molar-refractivity contribution in [1.29, 1.82) is 0 Å². The maximum atomic E-state index is 13.6. The molecule has 0 atom stereocenters. The van der Waals surface area contributed by atoms with Crippen molar-refractivity contribution in [3.8, 4) is 0 Å². The smallest absolute Gasteiger partial charge is 0.255 e. The van der Waals surface area contributed by atoms with E-state index >= 15 is 0 Å². The summed E-state index contributed by atoms with van der Waals surface area (Å²) in [6.45, 7) is 1.82. The van der Waals surface area contributed by atoms with Crippen molar-refractivity contribution in [2.75, 3.05) is 24.3 Å². The summed E-state index contributed by atoms with van der Waals surface area (Å²) in [6, 6.07) is 10.2. The maximum Gasteiger partial charge on any atom is 0.255 e. The van der Waals surface area contributed by atoms with Gasteiger partial charge in [0.15, 0.2) is 0 Å². The summed E-state index contributed by atoms with van der Waals surface area (Å²) in [7, 11) is 3.82. The Balaban J connectivity index is 2.26. The first kappa shape index (κ1) is 15.5. The normalized spacial score (nSPS) is 10.3. The second kappa shape index (κ2) is 6.26. The van der Waals surface area contributed by atoms with Crippen LogP contribution in [-0.2, 0) is 0 Å². The molecule has 0 radical (unpaired) electrons. The van der Waals surface area contributed by atoms with Crippen molar-refractivity contribution in [3.05, 3.63) is 57.8 Å². The number of hydrogen-bond acceptors (Lipinski definition) is 2. The Bertz CT molecular complexity index is 686. The highest BCUT2D eigenvalue weighted by Crippen LogP contribution is 2.24. The topological polar surface area (TPSA) is 32.3 Å². The first-order valence-corrected chi connectivity index (χ1v) is 7.22. The van der Waals surface area contributed by atoms with E-state index in [0.717, 1.165) is 11.3 Å². The largest absolute Gasteiger partial charge is 0.378 e. The molecule has 0 heterocycles. The number of benzene rings is 2. The Labute approximate surface area is 131 Å². The van der Waals surface area contributed by atoms with Gasteiger partial charge in [-0.05, 0) is 58.7 Å². The number of hydrogen-bond donors (Lipinski definition) is 1. The first-order valence-electron chi connectivity index (χ1n) is 6.43. The van der Waals surface area contributed by atoms with E-state index in [1.165, 1.54) is 6.07 Å². The number of carbonyl (C=O) groups is 1. The molecule has 110 valence electrons. The zero-order chi connectivity index (χ0) is 15.6. The first-order chi connectivity index (χ1) is 9.88. The standard InChI is InChI=1S/C16H16BrFN2O/c1-10-7-13(17)14(18)9-15(10)19-16(21)11-5-4-6-12(8-11)20(2)3/h4-9H,1-3H3,(H,19,21). The van der Waals surface area contributed by atoms with Crippen molar-refractivity contribution in [1.82, 2.24) is 0 Å². The number of carbonyl (C=O) groups excluding carboxylic acids is 1. The van der Waals surface area contributed by atoms with Crippen LogP contribution in [0.5, 0.6) is 0 Å². The minimum absolute atomic E-state index is 0.261. The Morgan fingerprint density at radius 1 is 1.24 bits per heavy atom. The number of halogens is 2. The average molecular weight is 351 g/mol. The Morgan fingerprint density at radius 3 is 2.62 bits per heavy atom. The van der Waals surface area contributed by atoms with E-state index in [1.54, 1.807) is 18.2 Å². The number of rotatable bonds is 3. The van der Waals surface area contributed by atoms with Gasteiger partial charge in [-0.1, -0.05) is 6.07 Å². The zero-order valence-electron chi connectivity index (χ0n) is 12.1. The molecule has 5 heteroatoms. The quantitative estimate of drug-likeness (QED) is 0.898. The van der Waals surface area contributed by atoms with Crippen LogP contribution in [0.2, 0.25) is 0 Å². The SMILES string of the molecule is Cc1cc(Br)c(F)cc1NC(=O)c1cccc(N(C)C)c1. The molecule has 1 amide bonds. The van der Waals surface area contributed by atoms with E-state index in [4.69, 9.17) is 0 Å². The number of amides is 1. The third-order valence-corrected chi connectivity index (χ3v) is 3.75. The molecule has 2 aromatic carbocycles. The second-order valence-corrected chi connectivity index (χ2v) is 5.83. The molecule has 0 spiro atoms. The van der Waals surface area contributed by atoms with E-state index in [9.17, 15) is 9.18 Å². The van der Waals surface area contributed by atoms with Crippen molar-refractivity contribution in [3.63, 3.8) is 0 Å². The van der Waals surface area contributed by atoms with E-state index < -0.39 is 5.82 Å². The summed E-state index contributed by atoms with van der Waals surface area (Å²) in [6.07, 6.45) is 0. The highest BCUT2D eigenvalue weighted by molar-refractivity contribution is 9.10. The summed E-state index contributed by atoms with van der Waals surface area (Å²) < 4.78 is 14.0. The highest BCUT2D eigenvalue weighted by Gasteiger charge is 2.11. The van der Waals surface area contributed by atoms with Crippen LogP contribution in [-0.4, -0.2) is 20.0 Å². The maximum absolute atomic E-state index is 13.6. The lowest BCUT2D eigenvalue weighted by Crippen LogP contribution is -2.15. The second-order valence-electron chi connectivity index (χ2n) is 4.98. The molecule has 1 N–H and O–H groups in total. The van der Waals surface area contributed by atoms with Crippen LogP contribution >= 0.6 is 15.9 Å². The molecule has 0 saturated heterocycles. The minimum atomic E-state index is -0.405.